The summed E-state index contributed by atoms with van der Waals surface area (Å²) in [6.45, 7) is 0. The Morgan fingerprint density at radius 2 is 1.93 bits per heavy atom. The third-order valence-corrected chi connectivity index (χ3v) is 6.92. The molecule has 0 radical (unpaired) electrons. The molecular formula is C22H25N3O2S. The zero-order chi connectivity index (χ0) is 19.5. The number of fused-ring (bicyclic) bond motifs is 2. The average molecular weight is 396 g/mol. The standard InChI is InChI=1S/C22H25N3O2S/c1-23-21(27)8-5-14-4-6-18(20(26)13-14)19-7-9-22(25-24-19)28-17-11-15-2-3-16(10-15)12-17/h4-9,13,15-17,26H,2-3,10-12H2,1H3,(H,23,27)/b8-5+/t15-,16+,17?. The number of phenolic OH excluding ortho intramolecular Hbond substituents is 1. The Bertz CT molecular complexity index is 870. The lowest BCUT2D eigenvalue weighted by atomic mass is 9.89. The smallest absolute Gasteiger partial charge is 0.243 e. The van der Waals surface area contributed by atoms with Crippen LogP contribution in [0.25, 0.3) is 17.3 Å². The van der Waals surface area contributed by atoms with E-state index in [1.807, 2.05) is 30.0 Å². The zero-order valence-corrected chi connectivity index (χ0v) is 16.8. The Kier molecular flexibility index (Phi) is 5.67. The van der Waals surface area contributed by atoms with Crippen LogP contribution in [0.4, 0.5) is 0 Å². The number of hydrogen-bond acceptors (Lipinski definition) is 5. The van der Waals surface area contributed by atoms with Crippen LogP contribution < -0.4 is 5.32 Å². The lowest BCUT2D eigenvalue weighted by Gasteiger charge is -2.26. The van der Waals surface area contributed by atoms with E-state index in [4.69, 9.17) is 0 Å². The predicted octanol–water partition coefficient (Wildman–Crippen LogP) is 4.28. The number of carbonyl (C=O) groups is 1. The van der Waals surface area contributed by atoms with E-state index in [2.05, 4.69) is 15.5 Å². The van der Waals surface area contributed by atoms with Gasteiger partial charge in [-0.15, -0.1) is 22.0 Å². The van der Waals surface area contributed by atoms with Gasteiger partial charge in [-0.2, -0.15) is 0 Å². The molecule has 146 valence electrons. The van der Waals surface area contributed by atoms with Crippen molar-refractivity contribution in [3.63, 3.8) is 0 Å². The fraction of sp³-hybridized carbons (Fsp3) is 0.409. The van der Waals surface area contributed by atoms with E-state index < -0.39 is 0 Å². The van der Waals surface area contributed by atoms with Crippen molar-refractivity contribution in [1.82, 2.24) is 15.5 Å². The Hall–Kier alpha value is -2.34. The number of likely N-dealkylation sites (N-methyl/N-ethyl adjacent to an activating group) is 1. The van der Waals surface area contributed by atoms with Gasteiger partial charge in [0.15, 0.2) is 0 Å². The number of amides is 1. The van der Waals surface area contributed by atoms with Crippen molar-refractivity contribution in [3.8, 4) is 17.0 Å². The molecule has 2 aromatic rings. The lowest BCUT2D eigenvalue weighted by molar-refractivity contribution is -0.115. The summed E-state index contributed by atoms with van der Waals surface area (Å²) in [5, 5.41) is 23.2. The summed E-state index contributed by atoms with van der Waals surface area (Å²) in [6, 6.07) is 9.19. The van der Waals surface area contributed by atoms with E-state index >= 15 is 0 Å². The van der Waals surface area contributed by atoms with E-state index in [-0.39, 0.29) is 11.7 Å². The molecule has 1 heterocycles. The molecule has 3 atom stereocenters. The quantitative estimate of drug-likeness (QED) is 0.739. The molecule has 2 saturated carbocycles. The van der Waals surface area contributed by atoms with Gasteiger partial charge in [-0.1, -0.05) is 18.9 Å². The van der Waals surface area contributed by atoms with Gasteiger partial charge in [-0.3, -0.25) is 4.79 Å². The average Bonchev–Trinajstić information content (AvgIpc) is 3.05. The number of aromatic nitrogens is 2. The minimum Gasteiger partial charge on any atom is -0.507 e. The molecule has 2 N–H and O–H groups in total. The van der Waals surface area contributed by atoms with Crippen LogP contribution in [-0.2, 0) is 4.79 Å². The molecule has 4 rings (SSSR count). The minimum atomic E-state index is -0.187. The van der Waals surface area contributed by atoms with E-state index in [0.717, 1.165) is 22.4 Å². The second-order valence-corrected chi connectivity index (χ2v) is 9.06. The fourth-order valence-corrected chi connectivity index (χ4v) is 5.68. The summed E-state index contributed by atoms with van der Waals surface area (Å²) in [6.07, 6.45) is 9.92. The molecule has 0 aliphatic heterocycles. The molecule has 2 aliphatic rings. The number of aromatic hydroxyl groups is 1. The molecule has 0 spiro atoms. The predicted molar refractivity (Wildman–Crippen MR) is 112 cm³/mol. The van der Waals surface area contributed by atoms with Crippen LogP contribution >= 0.6 is 11.8 Å². The number of nitrogens with one attached hydrogen (secondary N) is 1. The van der Waals surface area contributed by atoms with Gasteiger partial charge < -0.3 is 10.4 Å². The second-order valence-electron chi connectivity index (χ2n) is 7.74. The maximum Gasteiger partial charge on any atom is 0.243 e. The third kappa shape index (κ3) is 4.38. The van der Waals surface area contributed by atoms with Crippen molar-refractivity contribution in [3.05, 3.63) is 42.0 Å². The molecular weight excluding hydrogens is 370 g/mol. The molecule has 2 aliphatic carbocycles. The maximum absolute atomic E-state index is 11.3. The highest BCUT2D eigenvalue weighted by molar-refractivity contribution is 7.99. The Balaban J connectivity index is 1.43. The summed E-state index contributed by atoms with van der Waals surface area (Å²) < 4.78 is 0. The zero-order valence-electron chi connectivity index (χ0n) is 16.0. The van der Waals surface area contributed by atoms with Crippen LogP contribution in [0.2, 0.25) is 0 Å². The number of hydrogen-bond donors (Lipinski definition) is 2. The van der Waals surface area contributed by atoms with Crippen molar-refractivity contribution < 1.29 is 9.90 Å². The topological polar surface area (TPSA) is 75.1 Å². The van der Waals surface area contributed by atoms with E-state index in [9.17, 15) is 9.90 Å². The SMILES string of the molecule is CNC(=O)/C=C/c1ccc(-c2ccc(SC3C[C@H]4CC[C@@H](C3)C4)nn2)c(O)c1. The van der Waals surface area contributed by atoms with Crippen molar-refractivity contribution >= 4 is 23.7 Å². The van der Waals surface area contributed by atoms with Gasteiger partial charge >= 0.3 is 0 Å². The van der Waals surface area contributed by atoms with E-state index in [1.54, 1.807) is 25.3 Å². The van der Waals surface area contributed by atoms with Gasteiger partial charge in [0.25, 0.3) is 0 Å². The number of benzene rings is 1. The molecule has 1 aromatic heterocycles. The summed E-state index contributed by atoms with van der Waals surface area (Å²) >= 11 is 1.85. The number of carbonyl (C=O) groups excluding carboxylic acids is 1. The van der Waals surface area contributed by atoms with Crippen molar-refractivity contribution in [2.24, 2.45) is 11.8 Å². The molecule has 1 unspecified atom stereocenters. The van der Waals surface area contributed by atoms with Crippen LogP contribution in [0.1, 0.15) is 37.7 Å². The number of thioether (sulfide) groups is 1. The largest absolute Gasteiger partial charge is 0.507 e. The maximum atomic E-state index is 11.3. The van der Waals surface area contributed by atoms with Crippen molar-refractivity contribution in [2.45, 2.75) is 42.4 Å². The fourth-order valence-electron chi connectivity index (χ4n) is 4.36. The van der Waals surface area contributed by atoms with Crippen LogP contribution in [-0.4, -0.2) is 33.5 Å². The van der Waals surface area contributed by atoms with E-state index in [0.29, 0.717) is 16.5 Å². The highest BCUT2D eigenvalue weighted by Gasteiger charge is 2.34. The van der Waals surface area contributed by atoms with Crippen molar-refractivity contribution in [2.75, 3.05) is 7.05 Å². The first-order valence-corrected chi connectivity index (χ1v) is 10.7. The normalized spacial score (nSPS) is 23.8. The first-order valence-electron chi connectivity index (χ1n) is 9.84. The molecule has 6 heteroatoms. The van der Waals surface area contributed by atoms with Gasteiger partial charge in [-0.25, -0.2) is 0 Å². The Labute approximate surface area is 169 Å². The number of rotatable bonds is 5. The third-order valence-electron chi connectivity index (χ3n) is 5.74. The van der Waals surface area contributed by atoms with Gasteiger partial charge in [0.2, 0.25) is 5.91 Å². The van der Waals surface area contributed by atoms with Crippen LogP contribution in [0.3, 0.4) is 0 Å². The lowest BCUT2D eigenvalue weighted by Crippen LogP contribution is -2.17. The van der Waals surface area contributed by atoms with Gasteiger partial charge in [0.05, 0.1) is 5.69 Å². The summed E-state index contributed by atoms with van der Waals surface area (Å²) in [4.78, 5) is 11.3. The van der Waals surface area contributed by atoms with Crippen LogP contribution in [0.5, 0.6) is 5.75 Å². The van der Waals surface area contributed by atoms with Gasteiger partial charge in [-0.05, 0) is 67.0 Å². The van der Waals surface area contributed by atoms with E-state index in [1.165, 1.54) is 38.2 Å². The Morgan fingerprint density at radius 3 is 2.57 bits per heavy atom. The highest BCUT2D eigenvalue weighted by atomic mass is 32.2. The van der Waals surface area contributed by atoms with Crippen LogP contribution in [0.15, 0.2) is 41.4 Å². The van der Waals surface area contributed by atoms with Gasteiger partial charge in [0.1, 0.15) is 10.8 Å². The summed E-state index contributed by atoms with van der Waals surface area (Å²) in [5.74, 6) is 1.76. The first-order chi connectivity index (χ1) is 13.6. The van der Waals surface area contributed by atoms with Gasteiger partial charge in [0, 0.05) is 23.9 Å². The molecule has 1 amide bonds. The molecule has 0 saturated heterocycles. The highest BCUT2D eigenvalue weighted by Crippen LogP contribution is 2.46. The molecule has 1 aromatic carbocycles. The summed E-state index contributed by atoms with van der Waals surface area (Å²) in [7, 11) is 1.58. The molecule has 2 bridgehead atoms. The molecule has 28 heavy (non-hydrogen) atoms. The monoisotopic (exact) mass is 395 g/mol. The number of nitrogens with zero attached hydrogens (tertiary/aromatic N) is 2. The number of phenols is 1. The summed E-state index contributed by atoms with van der Waals surface area (Å²) in [5.41, 5.74) is 2.03. The minimum absolute atomic E-state index is 0.123. The first kappa shape index (κ1) is 19.0. The molecule has 5 nitrogen and oxygen atoms in total. The van der Waals surface area contributed by atoms with Crippen LogP contribution in [0, 0.1) is 11.8 Å². The second kappa shape index (κ2) is 8.35. The Morgan fingerprint density at radius 1 is 1.14 bits per heavy atom. The molecule has 2 fully saturated rings. The van der Waals surface area contributed by atoms with Crippen molar-refractivity contribution in [1.29, 1.82) is 0 Å².